The van der Waals surface area contributed by atoms with Gasteiger partial charge in [-0.2, -0.15) is 8.78 Å². The molecule has 0 radical (unpaired) electrons. The van der Waals surface area contributed by atoms with Crippen LogP contribution < -0.4 is 10.8 Å². The quantitative estimate of drug-likeness (QED) is 0.341. The van der Waals surface area contributed by atoms with E-state index < -0.39 is 54.6 Å². The minimum Gasteiger partial charge on any atom is -0.444 e. The predicted molar refractivity (Wildman–Crippen MR) is 162 cm³/mol. The lowest BCUT2D eigenvalue weighted by Crippen LogP contribution is -2.43. The van der Waals surface area contributed by atoms with Gasteiger partial charge in [0.25, 0.3) is 5.92 Å². The van der Waals surface area contributed by atoms with Gasteiger partial charge in [-0.05, 0) is 46.8 Å². The van der Waals surface area contributed by atoms with Crippen molar-refractivity contribution in [3.05, 3.63) is 53.2 Å². The Bertz CT molecular complexity index is 1620. The molecule has 1 fully saturated rings. The summed E-state index contributed by atoms with van der Waals surface area (Å²) in [6.45, 7) is 9.33. The molecule has 2 amide bonds. The number of carbonyl (C=O) groups excluding carboxylic acids is 2. The van der Waals surface area contributed by atoms with Gasteiger partial charge in [0.1, 0.15) is 35.6 Å². The number of nitrogens with zero attached hydrogens (tertiary/aromatic N) is 5. The second-order valence-electron chi connectivity index (χ2n) is 12.1. The summed E-state index contributed by atoms with van der Waals surface area (Å²) in [7, 11) is -1.76. The van der Waals surface area contributed by atoms with Crippen molar-refractivity contribution in [1.82, 2.24) is 24.8 Å². The Hall–Kier alpha value is -3.73. The summed E-state index contributed by atoms with van der Waals surface area (Å²) < 4.78 is 65.0. The van der Waals surface area contributed by atoms with Gasteiger partial charge in [-0.15, -0.1) is 0 Å². The highest BCUT2D eigenvalue weighted by atomic mass is 31.2. The van der Waals surface area contributed by atoms with Gasteiger partial charge in [0.05, 0.1) is 29.9 Å². The SMILES string of the molecule is CC(=O)N(C)CC(F)(F)c1cccc([C@@H](C)Nc2nc(C)nc3cnc(P4(=O)CCN(C(=O)OC(C)(C)C)CC4)cc23)c1F. The molecule has 1 atom stereocenters. The molecule has 0 spiro atoms. The number of hydrogen-bond acceptors (Lipinski definition) is 8. The summed E-state index contributed by atoms with van der Waals surface area (Å²) in [5.41, 5.74) is -0.660. The van der Waals surface area contributed by atoms with Crippen LogP contribution in [0.4, 0.5) is 23.8 Å². The number of aryl methyl sites for hydroxylation is 1. The van der Waals surface area contributed by atoms with Crippen LogP contribution >= 0.6 is 7.14 Å². The van der Waals surface area contributed by atoms with E-state index in [1.54, 1.807) is 40.7 Å². The maximum atomic E-state index is 15.6. The number of likely N-dealkylation sites (N-methyl/N-ethyl adjacent to an activating group) is 1. The summed E-state index contributed by atoms with van der Waals surface area (Å²) in [6.07, 6.45) is 1.49. The average Bonchev–Trinajstić information content (AvgIpc) is 2.91. The Morgan fingerprint density at radius 1 is 1.18 bits per heavy atom. The van der Waals surface area contributed by atoms with Crippen molar-refractivity contribution in [2.45, 2.75) is 59.1 Å². The van der Waals surface area contributed by atoms with Crippen LogP contribution in [-0.4, -0.2) is 81.4 Å². The number of nitrogens with one attached hydrogen (secondary N) is 1. The van der Waals surface area contributed by atoms with Crippen LogP contribution in [-0.2, 0) is 20.0 Å². The van der Waals surface area contributed by atoms with Gasteiger partial charge >= 0.3 is 6.09 Å². The average molecular weight is 635 g/mol. The normalized spacial score (nSPS) is 16.0. The molecule has 238 valence electrons. The zero-order chi connectivity index (χ0) is 32.6. The van der Waals surface area contributed by atoms with Crippen molar-refractivity contribution >= 4 is 41.3 Å². The number of amides is 2. The van der Waals surface area contributed by atoms with E-state index in [0.717, 1.165) is 17.9 Å². The number of alkyl halides is 2. The van der Waals surface area contributed by atoms with Crippen LogP contribution in [0.15, 0.2) is 30.5 Å². The lowest BCUT2D eigenvalue weighted by atomic mass is 9.99. The number of rotatable bonds is 7. The molecule has 1 saturated heterocycles. The zero-order valence-electron chi connectivity index (χ0n) is 25.9. The minimum atomic E-state index is -3.62. The van der Waals surface area contributed by atoms with E-state index in [1.165, 1.54) is 30.3 Å². The van der Waals surface area contributed by atoms with E-state index in [2.05, 4.69) is 20.3 Å². The molecule has 0 bridgehead atoms. The standard InChI is InChI=1S/C30H38F3N6O4P/c1-18(21-9-8-10-23(26(21)31)30(32,33)17-38(7)20(3)40)35-27-22-15-25(34-16-24(22)36-19(2)37-27)44(42)13-11-39(12-14-44)28(41)43-29(4,5)6/h8-10,15-16,18H,11-14,17H2,1-7H3,(H,35,36,37)/t18-/m1/s1. The van der Waals surface area contributed by atoms with Crippen molar-refractivity contribution in [2.24, 2.45) is 0 Å². The fraction of sp³-hybridized carbons (Fsp3) is 0.500. The highest BCUT2D eigenvalue weighted by Gasteiger charge is 2.38. The Labute approximate surface area is 254 Å². The van der Waals surface area contributed by atoms with Crippen molar-refractivity contribution in [2.75, 3.05) is 44.3 Å². The highest BCUT2D eigenvalue weighted by Crippen LogP contribution is 2.46. The van der Waals surface area contributed by atoms with Crippen LogP contribution in [0.5, 0.6) is 0 Å². The second-order valence-corrected chi connectivity index (χ2v) is 15.3. The van der Waals surface area contributed by atoms with E-state index in [-0.39, 0.29) is 31.0 Å². The molecule has 2 aromatic heterocycles. The molecular weight excluding hydrogens is 596 g/mol. The van der Waals surface area contributed by atoms with Crippen LogP contribution in [0, 0.1) is 12.7 Å². The molecule has 0 aliphatic carbocycles. The van der Waals surface area contributed by atoms with Crippen molar-refractivity contribution < 1.29 is 32.1 Å². The smallest absolute Gasteiger partial charge is 0.410 e. The summed E-state index contributed by atoms with van der Waals surface area (Å²) in [5, 5.41) is 3.61. The first kappa shape index (κ1) is 33.2. The fourth-order valence-electron chi connectivity index (χ4n) is 4.94. The van der Waals surface area contributed by atoms with Gasteiger partial charge < -0.3 is 24.4 Å². The number of ether oxygens (including phenoxy) is 1. The first-order chi connectivity index (χ1) is 20.4. The van der Waals surface area contributed by atoms with Gasteiger partial charge in [0.15, 0.2) is 0 Å². The number of benzene rings is 1. The van der Waals surface area contributed by atoms with Gasteiger partial charge in [0.2, 0.25) is 5.91 Å². The molecule has 1 aliphatic heterocycles. The Morgan fingerprint density at radius 3 is 2.45 bits per heavy atom. The number of fused-ring (bicyclic) bond motifs is 1. The number of anilines is 1. The molecule has 0 saturated carbocycles. The summed E-state index contributed by atoms with van der Waals surface area (Å²) in [6, 6.07) is 4.59. The van der Waals surface area contributed by atoms with Gasteiger partial charge in [-0.1, -0.05) is 12.1 Å². The van der Waals surface area contributed by atoms with Gasteiger partial charge in [0, 0.05) is 50.3 Å². The lowest BCUT2D eigenvalue weighted by Gasteiger charge is -2.33. The van der Waals surface area contributed by atoms with Crippen LogP contribution in [0.1, 0.15) is 57.6 Å². The van der Waals surface area contributed by atoms with E-state index >= 15 is 13.2 Å². The molecule has 3 heterocycles. The van der Waals surface area contributed by atoms with Crippen molar-refractivity contribution in [3.63, 3.8) is 0 Å². The molecular formula is C30H38F3N6O4P. The summed E-state index contributed by atoms with van der Waals surface area (Å²) in [4.78, 5) is 39.7. The van der Waals surface area contributed by atoms with E-state index in [0.29, 0.717) is 28.0 Å². The third-order valence-corrected chi connectivity index (χ3v) is 10.4. The third-order valence-electron chi connectivity index (χ3n) is 7.43. The number of aromatic nitrogens is 3. The minimum absolute atomic E-state index is 0.0198. The number of carbonyl (C=O) groups is 2. The Morgan fingerprint density at radius 2 is 1.84 bits per heavy atom. The molecule has 1 N–H and O–H groups in total. The summed E-state index contributed by atoms with van der Waals surface area (Å²) >= 11 is 0. The first-order valence-electron chi connectivity index (χ1n) is 14.3. The number of pyridine rings is 1. The lowest BCUT2D eigenvalue weighted by molar-refractivity contribution is -0.133. The molecule has 10 nitrogen and oxygen atoms in total. The monoisotopic (exact) mass is 634 g/mol. The molecule has 44 heavy (non-hydrogen) atoms. The highest BCUT2D eigenvalue weighted by molar-refractivity contribution is 7.71. The van der Waals surface area contributed by atoms with Gasteiger partial charge in [-0.3, -0.25) is 9.78 Å². The zero-order valence-corrected chi connectivity index (χ0v) is 26.8. The number of hydrogen-bond donors (Lipinski definition) is 1. The van der Waals surface area contributed by atoms with E-state index in [4.69, 9.17) is 4.74 Å². The molecule has 4 rings (SSSR count). The molecule has 14 heteroatoms. The molecule has 3 aromatic rings. The Balaban J connectivity index is 1.61. The fourth-order valence-corrected chi connectivity index (χ4v) is 7.38. The molecule has 1 aliphatic rings. The third kappa shape index (κ3) is 7.31. The maximum absolute atomic E-state index is 15.6. The predicted octanol–water partition coefficient (Wildman–Crippen LogP) is 5.45. The van der Waals surface area contributed by atoms with Gasteiger partial charge in [-0.25, -0.2) is 19.2 Å². The largest absolute Gasteiger partial charge is 0.444 e. The van der Waals surface area contributed by atoms with Crippen molar-refractivity contribution in [3.8, 4) is 0 Å². The summed E-state index contributed by atoms with van der Waals surface area (Å²) in [5.74, 6) is -4.58. The topological polar surface area (TPSA) is 118 Å². The first-order valence-corrected chi connectivity index (χ1v) is 16.3. The Kier molecular flexibility index (Phi) is 9.30. The van der Waals surface area contributed by atoms with E-state index in [9.17, 15) is 14.2 Å². The molecule has 1 aromatic carbocycles. The molecule has 0 unspecified atom stereocenters. The van der Waals surface area contributed by atoms with Crippen molar-refractivity contribution in [1.29, 1.82) is 0 Å². The second kappa shape index (κ2) is 12.3. The van der Waals surface area contributed by atoms with Crippen LogP contribution in [0.2, 0.25) is 0 Å². The van der Waals surface area contributed by atoms with Crippen LogP contribution in [0.25, 0.3) is 10.9 Å². The van der Waals surface area contributed by atoms with E-state index in [1.807, 2.05) is 0 Å². The van der Waals surface area contributed by atoms with Crippen LogP contribution in [0.3, 0.4) is 0 Å². The number of halogens is 3. The maximum Gasteiger partial charge on any atom is 0.410 e.